The summed E-state index contributed by atoms with van der Waals surface area (Å²) in [5.74, 6) is 0.791. The lowest BCUT2D eigenvalue weighted by Gasteiger charge is -2.19. The van der Waals surface area contributed by atoms with Crippen LogP contribution in [0.1, 0.15) is 6.92 Å². The summed E-state index contributed by atoms with van der Waals surface area (Å²) < 4.78 is 1.71. The number of hydrogen-bond acceptors (Lipinski definition) is 5. The molecule has 2 heterocycles. The number of aliphatic hydroxyl groups is 1. The van der Waals surface area contributed by atoms with Gasteiger partial charge in [0.2, 0.25) is 0 Å². The van der Waals surface area contributed by atoms with Crippen molar-refractivity contribution >= 4 is 16.9 Å². The molecular weight excluding hydrogens is 206 g/mol. The summed E-state index contributed by atoms with van der Waals surface area (Å²) in [6.45, 7) is 2.28. The van der Waals surface area contributed by atoms with Crippen LogP contribution in [-0.4, -0.2) is 44.6 Å². The van der Waals surface area contributed by atoms with Crippen molar-refractivity contribution in [3.8, 4) is 0 Å². The number of aromatic nitrogens is 4. The van der Waals surface area contributed by atoms with Crippen LogP contribution in [0.25, 0.3) is 11.0 Å². The minimum absolute atomic E-state index is 0.397. The van der Waals surface area contributed by atoms with E-state index in [2.05, 4.69) is 15.1 Å². The molecule has 0 aliphatic rings. The highest BCUT2D eigenvalue weighted by molar-refractivity contribution is 5.86. The van der Waals surface area contributed by atoms with Crippen molar-refractivity contribution < 1.29 is 5.11 Å². The fourth-order valence-electron chi connectivity index (χ4n) is 1.74. The van der Waals surface area contributed by atoms with E-state index in [1.807, 2.05) is 19.0 Å². The maximum atomic E-state index is 9.36. The molecule has 1 N–H and O–H groups in total. The molecule has 86 valence electrons. The fraction of sp³-hybridized carbons (Fsp3) is 0.500. The first-order valence-electron chi connectivity index (χ1n) is 5.11. The molecule has 2 rings (SSSR count). The van der Waals surface area contributed by atoms with E-state index in [-0.39, 0.29) is 0 Å². The SMILES string of the molecule is C[C@H](O)CN(C)c1ncnc2c1cnn2C. The highest BCUT2D eigenvalue weighted by Gasteiger charge is 2.12. The Balaban J connectivity index is 2.44. The number of hydrogen-bond donors (Lipinski definition) is 1. The Bertz CT molecular complexity index is 493. The van der Waals surface area contributed by atoms with Crippen molar-refractivity contribution in [1.29, 1.82) is 0 Å². The Hall–Kier alpha value is -1.69. The maximum absolute atomic E-state index is 9.36. The lowest BCUT2D eigenvalue weighted by molar-refractivity contribution is 0.201. The number of rotatable bonds is 3. The summed E-state index contributed by atoms with van der Waals surface area (Å²) in [6.07, 6.45) is 2.85. The molecule has 0 aromatic carbocycles. The van der Waals surface area contributed by atoms with Gasteiger partial charge in [0.25, 0.3) is 0 Å². The largest absolute Gasteiger partial charge is 0.392 e. The molecule has 1 atom stereocenters. The van der Waals surface area contributed by atoms with Crippen LogP contribution in [0.4, 0.5) is 5.82 Å². The second-order valence-corrected chi connectivity index (χ2v) is 3.93. The number of aliphatic hydroxyl groups excluding tert-OH is 1. The molecular formula is C10H15N5O. The van der Waals surface area contributed by atoms with Crippen LogP contribution in [0.2, 0.25) is 0 Å². The van der Waals surface area contributed by atoms with Gasteiger partial charge in [-0.3, -0.25) is 4.68 Å². The van der Waals surface area contributed by atoms with Gasteiger partial charge in [-0.1, -0.05) is 0 Å². The van der Waals surface area contributed by atoms with Gasteiger partial charge in [-0.25, -0.2) is 9.97 Å². The Labute approximate surface area is 93.5 Å². The summed E-state index contributed by atoms with van der Waals surface area (Å²) in [4.78, 5) is 10.3. The lowest BCUT2D eigenvalue weighted by Crippen LogP contribution is -2.27. The predicted octanol–water partition coefficient (Wildman–Crippen LogP) is 0.180. The van der Waals surface area contributed by atoms with Gasteiger partial charge in [0.1, 0.15) is 12.1 Å². The van der Waals surface area contributed by atoms with E-state index in [1.54, 1.807) is 17.8 Å². The zero-order valence-corrected chi connectivity index (χ0v) is 9.62. The van der Waals surface area contributed by atoms with Crippen molar-refractivity contribution in [1.82, 2.24) is 19.7 Å². The van der Waals surface area contributed by atoms with Gasteiger partial charge in [-0.15, -0.1) is 0 Å². The molecule has 0 spiro atoms. The maximum Gasteiger partial charge on any atom is 0.163 e. The number of nitrogens with zero attached hydrogens (tertiary/aromatic N) is 5. The van der Waals surface area contributed by atoms with Crippen LogP contribution in [0.5, 0.6) is 0 Å². The number of anilines is 1. The molecule has 0 aliphatic heterocycles. The monoisotopic (exact) mass is 221 g/mol. The van der Waals surface area contributed by atoms with Gasteiger partial charge in [0, 0.05) is 20.6 Å². The summed E-state index contributed by atoms with van der Waals surface area (Å²) in [7, 11) is 3.73. The van der Waals surface area contributed by atoms with Crippen molar-refractivity contribution in [2.24, 2.45) is 7.05 Å². The smallest absolute Gasteiger partial charge is 0.163 e. The summed E-state index contributed by atoms with van der Waals surface area (Å²) in [5.41, 5.74) is 0.794. The third-order valence-corrected chi connectivity index (χ3v) is 2.41. The molecule has 0 aliphatic carbocycles. The molecule has 2 aromatic heterocycles. The van der Waals surface area contributed by atoms with Crippen molar-refractivity contribution in [3.05, 3.63) is 12.5 Å². The predicted molar refractivity (Wildman–Crippen MR) is 61.3 cm³/mol. The Kier molecular flexibility index (Phi) is 2.74. The lowest BCUT2D eigenvalue weighted by atomic mass is 10.3. The molecule has 16 heavy (non-hydrogen) atoms. The van der Waals surface area contributed by atoms with Gasteiger partial charge >= 0.3 is 0 Å². The fourth-order valence-corrected chi connectivity index (χ4v) is 1.74. The summed E-state index contributed by atoms with van der Waals surface area (Å²) in [5, 5.41) is 14.4. The Morgan fingerprint density at radius 3 is 2.94 bits per heavy atom. The second-order valence-electron chi connectivity index (χ2n) is 3.93. The van der Waals surface area contributed by atoms with E-state index < -0.39 is 6.10 Å². The molecule has 0 bridgehead atoms. The van der Waals surface area contributed by atoms with Crippen LogP contribution >= 0.6 is 0 Å². The zero-order chi connectivity index (χ0) is 11.7. The van der Waals surface area contributed by atoms with E-state index >= 15 is 0 Å². The van der Waals surface area contributed by atoms with Gasteiger partial charge in [-0.2, -0.15) is 5.10 Å². The van der Waals surface area contributed by atoms with E-state index in [9.17, 15) is 5.11 Å². The molecule has 0 radical (unpaired) electrons. The first-order chi connectivity index (χ1) is 7.59. The summed E-state index contributed by atoms with van der Waals surface area (Å²) in [6, 6.07) is 0. The normalized spacial score (nSPS) is 13.0. The number of aryl methyl sites for hydroxylation is 1. The van der Waals surface area contributed by atoms with Crippen molar-refractivity contribution in [2.45, 2.75) is 13.0 Å². The number of likely N-dealkylation sites (N-methyl/N-ethyl adjacent to an activating group) is 1. The topological polar surface area (TPSA) is 67.1 Å². The van der Waals surface area contributed by atoms with Gasteiger partial charge in [0.05, 0.1) is 17.7 Å². The molecule has 6 nitrogen and oxygen atoms in total. The zero-order valence-electron chi connectivity index (χ0n) is 9.62. The molecule has 0 amide bonds. The molecule has 2 aromatic rings. The quantitative estimate of drug-likeness (QED) is 0.800. The first kappa shape index (κ1) is 10.8. The third kappa shape index (κ3) is 1.83. The van der Waals surface area contributed by atoms with E-state index in [1.165, 1.54) is 6.33 Å². The van der Waals surface area contributed by atoms with Gasteiger partial charge in [-0.05, 0) is 6.92 Å². The van der Waals surface area contributed by atoms with E-state index in [0.29, 0.717) is 6.54 Å². The standard InChI is InChI=1S/C10H15N5O/c1-7(16)5-14(2)9-8-4-13-15(3)10(8)12-6-11-9/h4,6-7,16H,5H2,1-3H3/t7-/m0/s1. The van der Waals surface area contributed by atoms with Crippen molar-refractivity contribution in [3.63, 3.8) is 0 Å². The summed E-state index contributed by atoms with van der Waals surface area (Å²) >= 11 is 0. The third-order valence-electron chi connectivity index (χ3n) is 2.41. The Morgan fingerprint density at radius 1 is 1.50 bits per heavy atom. The first-order valence-corrected chi connectivity index (χ1v) is 5.11. The second kappa shape index (κ2) is 4.05. The minimum Gasteiger partial charge on any atom is -0.392 e. The minimum atomic E-state index is -0.397. The van der Waals surface area contributed by atoms with Crippen LogP contribution in [-0.2, 0) is 7.05 Å². The Morgan fingerprint density at radius 2 is 2.25 bits per heavy atom. The molecule has 0 unspecified atom stereocenters. The van der Waals surface area contributed by atoms with Gasteiger partial charge < -0.3 is 10.0 Å². The van der Waals surface area contributed by atoms with E-state index in [4.69, 9.17) is 0 Å². The van der Waals surface area contributed by atoms with Crippen LogP contribution in [0, 0.1) is 0 Å². The van der Waals surface area contributed by atoms with Gasteiger partial charge in [0.15, 0.2) is 5.65 Å². The molecule has 0 fully saturated rings. The highest BCUT2D eigenvalue weighted by Crippen LogP contribution is 2.20. The molecule has 0 saturated carbocycles. The van der Waals surface area contributed by atoms with Crippen molar-refractivity contribution in [2.75, 3.05) is 18.5 Å². The molecule has 6 heteroatoms. The van der Waals surface area contributed by atoms with Crippen LogP contribution < -0.4 is 4.90 Å². The average Bonchev–Trinajstić information content (AvgIpc) is 2.59. The van der Waals surface area contributed by atoms with Crippen LogP contribution in [0.15, 0.2) is 12.5 Å². The average molecular weight is 221 g/mol. The van der Waals surface area contributed by atoms with Crippen LogP contribution in [0.3, 0.4) is 0 Å². The highest BCUT2D eigenvalue weighted by atomic mass is 16.3. The number of fused-ring (bicyclic) bond motifs is 1. The van der Waals surface area contributed by atoms with E-state index in [0.717, 1.165) is 16.9 Å². The molecule has 0 saturated heterocycles.